The summed E-state index contributed by atoms with van der Waals surface area (Å²) < 4.78 is 11.0. The van der Waals surface area contributed by atoms with E-state index < -0.39 is 5.91 Å². The number of nitrogens with two attached hydrogens (primary N) is 1. The molecule has 1 aliphatic rings. The fourth-order valence-electron chi connectivity index (χ4n) is 3.96. The minimum absolute atomic E-state index is 0.271. The van der Waals surface area contributed by atoms with Gasteiger partial charge in [-0.15, -0.1) is 0 Å². The lowest BCUT2D eigenvalue weighted by molar-refractivity contribution is 0.0996. The Labute approximate surface area is 192 Å². The van der Waals surface area contributed by atoms with Gasteiger partial charge in [0.1, 0.15) is 18.1 Å². The van der Waals surface area contributed by atoms with E-state index in [1.54, 1.807) is 36.4 Å². The molecule has 0 aliphatic carbocycles. The number of carbonyl (C=O) groups excluding carboxylic acids is 2. The van der Waals surface area contributed by atoms with Gasteiger partial charge in [0.15, 0.2) is 0 Å². The lowest BCUT2D eigenvalue weighted by Crippen LogP contribution is -2.30. The van der Waals surface area contributed by atoms with Crippen LogP contribution in [-0.2, 0) is 6.61 Å². The number of hydrogen-bond donors (Lipinski definition) is 2. The lowest BCUT2D eigenvalue weighted by Gasteiger charge is -2.30. The number of ether oxygens (including phenoxy) is 1. The van der Waals surface area contributed by atoms with Gasteiger partial charge >= 0.3 is 0 Å². The van der Waals surface area contributed by atoms with Crippen LogP contribution in [0.4, 0.5) is 11.4 Å². The highest BCUT2D eigenvalue weighted by Crippen LogP contribution is 2.30. The number of anilines is 2. The van der Waals surface area contributed by atoms with E-state index in [0.717, 1.165) is 48.6 Å². The molecule has 1 saturated heterocycles. The molecule has 0 unspecified atom stereocenters. The van der Waals surface area contributed by atoms with Crippen LogP contribution in [0.25, 0.3) is 0 Å². The van der Waals surface area contributed by atoms with Crippen molar-refractivity contribution in [2.75, 3.05) is 23.3 Å². The van der Waals surface area contributed by atoms with Crippen LogP contribution in [0.5, 0.6) is 5.75 Å². The number of primary amides is 1. The van der Waals surface area contributed by atoms with Crippen LogP contribution in [0.3, 0.4) is 0 Å². The van der Waals surface area contributed by atoms with E-state index >= 15 is 0 Å². The Balaban J connectivity index is 1.48. The van der Waals surface area contributed by atoms with E-state index in [1.165, 1.54) is 6.42 Å². The van der Waals surface area contributed by atoms with Gasteiger partial charge < -0.3 is 25.2 Å². The van der Waals surface area contributed by atoms with E-state index in [-0.39, 0.29) is 5.91 Å². The van der Waals surface area contributed by atoms with Crippen molar-refractivity contribution in [2.45, 2.75) is 39.7 Å². The van der Waals surface area contributed by atoms with Crippen LogP contribution in [-0.4, -0.2) is 30.1 Å². The number of nitrogens with one attached hydrogen (secondary N) is 1. The highest BCUT2D eigenvalue weighted by atomic mass is 16.5. The summed E-state index contributed by atoms with van der Waals surface area (Å²) in [6, 6.07) is 12.1. The average Bonchev–Trinajstić information content (AvgIpc) is 3.15. The zero-order valence-corrected chi connectivity index (χ0v) is 18.9. The molecule has 4 rings (SSSR count). The Morgan fingerprint density at radius 3 is 2.39 bits per heavy atom. The van der Waals surface area contributed by atoms with Crippen molar-refractivity contribution in [2.24, 2.45) is 5.73 Å². The number of hydrogen-bond acceptors (Lipinski definition) is 6. The molecule has 0 radical (unpaired) electrons. The molecule has 0 bridgehead atoms. The number of aryl methyl sites for hydroxylation is 2. The van der Waals surface area contributed by atoms with Crippen LogP contribution in [0.2, 0.25) is 0 Å². The Kier molecular flexibility index (Phi) is 6.63. The number of rotatable bonds is 7. The molecular formula is C25H28N4O4. The fraction of sp³-hybridized carbons (Fsp3) is 0.320. The predicted octanol–water partition coefficient (Wildman–Crippen LogP) is 4.21. The number of nitrogens with zero attached hydrogens (tertiary/aromatic N) is 2. The Hall–Kier alpha value is -3.81. The molecule has 2 aromatic carbocycles. The van der Waals surface area contributed by atoms with Crippen molar-refractivity contribution in [3.63, 3.8) is 0 Å². The molecule has 3 N–H and O–H groups in total. The summed E-state index contributed by atoms with van der Waals surface area (Å²) >= 11 is 0. The van der Waals surface area contributed by atoms with Gasteiger partial charge in [-0.3, -0.25) is 9.59 Å². The van der Waals surface area contributed by atoms with Gasteiger partial charge in [-0.05, 0) is 75.6 Å². The van der Waals surface area contributed by atoms with Gasteiger partial charge in [-0.1, -0.05) is 5.16 Å². The van der Waals surface area contributed by atoms with Crippen molar-refractivity contribution in [3.05, 3.63) is 70.6 Å². The average molecular weight is 449 g/mol. The normalized spacial score (nSPS) is 13.6. The van der Waals surface area contributed by atoms with Crippen molar-refractivity contribution in [1.82, 2.24) is 5.16 Å². The van der Waals surface area contributed by atoms with E-state index in [4.69, 9.17) is 15.0 Å². The van der Waals surface area contributed by atoms with E-state index in [2.05, 4.69) is 15.4 Å². The third-order valence-corrected chi connectivity index (χ3v) is 5.91. The van der Waals surface area contributed by atoms with E-state index in [1.807, 2.05) is 19.9 Å². The third-order valence-electron chi connectivity index (χ3n) is 5.91. The molecule has 0 saturated carbocycles. The van der Waals surface area contributed by atoms with Gasteiger partial charge in [0.25, 0.3) is 5.91 Å². The largest absolute Gasteiger partial charge is 0.489 e. The summed E-state index contributed by atoms with van der Waals surface area (Å²) in [5.74, 6) is 0.560. The van der Waals surface area contributed by atoms with Crippen molar-refractivity contribution < 1.29 is 18.8 Å². The molecule has 33 heavy (non-hydrogen) atoms. The molecule has 172 valence electrons. The molecule has 8 nitrogen and oxygen atoms in total. The maximum atomic E-state index is 13.0. The number of benzene rings is 2. The molecule has 8 heteroatoms. The standard InChI is InChI=1S/C25H28N4O4/c1-16-21(17(2)33-28-16)15-32-20-9-6-18(7-10-20)25(31)27-22-14-19(24(26)30)8-11-23(22)29-12-4-3-5-13-29/h6-11,14H,3-5,12-13,15H2,1-2H3,(H2,26,30)(H,27,31). The van der Waals surface area contributed by atoms with Gasteiger partial charge in [-0.25, -0.2) is 0 Å². The molecule has 2 heterocycles. The van der Waals surface area contributed by atoms with E-state index in [9.17, 15) is 9.59 Å². The molecular weight excluding hydrogens is 420 g/mol. The Bertz CT molecular complexity index is 1130. The predicted molar refractivity (Wildman–Crippen MR) is 126 cm³/mol. The first-order valence-electron chi connectivity index (χ1n) is 11.1. The second-order valence-corrected chi connectivity index (χ2v) is 8.21. The summed E-state index contributed by atoms with van der Waals surface area (Å²) in [6.07, 6.45) is 3.39. The third kappa shape index (κ3) is 5.16. The van der Waals surface area contributed by atoms with Crippen LogP contribution in [0, 0.1) is 13.8 Å². The smallest absolute Gasteiger partial charge is 0.255 e. The summed E-state index contributed by atoms with van der Waals surface area (Å²) in [5.41, 5.74) is 9.49. The maximum Gasteiger partial charge on any atom is 0.255 e. The van der Waals surface area contributed by atoms with Gasteiger partial charge in [0, 0.05) is 24.2 Å². The quantitative estimate of drug-likeness (QED) is 0.560. The zero-order valence-electron chi connectivity index (χ0n) is 18.9. The summed E-state index contributed by atoms with van der Waals surface area (Å²) in [5, 5.41) is 6.88. The van der Waals surface area contributed by atoms with Crippen LogP contribution < -0.4 is 20.7 Å². The molecule has 2 amide bonds. The molecule has 1 aromatic heterocycles. The molecule has 1 fully saturated rings. The highest BCUT2D eigenvalue weighted by Gasteiger charge is 2.18. The SMILES string of the molecule is Cc1noc(C)c1COc1ccc(C(=O)Nc2cc(C(N)=O)ccc2N2CCCCC2)cc1. The number of piperidine rings is 1. The molecule has 0 atom stereocenters. The second-order valence-electron chi connectivity index (χ2n) is 8.21. The number of amides is 2. The Morgan fingerprint density at radius 2 is 1.76 bits per heavy atom. The highest BCUT2D eigenvalue weighted by molar-refractivity contribution is 6.07. The van der Waals surface area contributed by atoms with Crippen molar-refractivity contribution >= 4 is 23.2 Å². The number of carbonyl (C=O) groups is 2. The van der Waals surface area contributed by atoms with Crippen molar-refractivity contribution in [3.8, 4) is 5.75 Å². The first-order chi connectivity index (χ1) is 15.9. The van der Waals surface area contributed by atoms with Gasteiger partial charge in [-0.2, -0.15) is 0 Å². The van der Waals surface area contributed by atoms with Crippen LogP contribution >= 0.6 is 0 Å². The van der Waals surface area contributed by atoms with Crippen molar-refractivity contribution in [1.29, 1.82) is 0 Å². The molecule has 1 aliphatic heterocycles. The topological polar surface area (TPSA) is 111 Å². The monoisotopic (exact) mass is 448 g/mol. The molecule has 3 aromatic rings. The fourth-order valence-corrected chi connectivity index (χ4v) is 3.96. The van der Waals surface area contributed by atoms with Crippen LogP contribution in [0.1, 0.15) is 57.0 Å². The van der Waals surface area contributed by atoms with Crippen LogP contribution in [0.15, 0.2) is 47.0 Å². The minimum Gasteiger partial charge on any atom is -0.489 e. The first kappa shape index (κ1) is 22.4. The Morgan fingerprint density at radius 1 is 1.06 bits per heavy atom. The van der Waals surface area contributed by atoms with Gasteiger partial charge in [0.05, 0.1) is 22.6 Å². The summed E-state index contributed by atoms with van der Waals surface area (Å²) in [4.78, 5) is 26.9. The first-order valence-corrected chi connectivity index (χ1v) is 11.1. The molecule has 0 spiro atoms. The minimum atomic E-state index is -0.532. The number of aromatic nitrogens is 1. The van der Waals surface area contributed by atoms with Gasteiger partial charge in [0.2, 0.25) is 5.91 Å². The maximum absolute atomic E-state index is 13.0. The summed E-state index contributed by atoms with van der Waals surface area (Å²) in [7, 11) is 0. The zero-order chi connectivity index (χ0) is 23.4. The second kappa shape index (κ2) is 9.77. The summed E-state index contributed by atoms with van der Waals surface area (Å²) in [6.45, 7) is 5.88. The lowest BCUT2D eigenvalue weighted by atomic mass is 10.1. The van der Waals surface area contributed by atoms with E-state index in [0.29, 0.717) is 29.2 Å².